The number of hydrogen-bond acceptors (Lipinski definition) is 8. The van der Waals surface area contributed by atoms with Crippen LogP contribution in [-0.2, 0) is 23.9 Å². The largest absolute Gasteiger partial charge is 0.466 e. The third kappa shape index (κ3) is 6.00. The molecule has 0 aliphatic carbocycles. The molecule has 0 bridgehead atoms. The van der Waals surface area contributed by atoms with Gasteiger partial charge >= 0.3 is 11.9 Å². The van der Waals surface area contributed by atoms with Gasteiger partial charge in [0.1, 0.15) is 6.04 Å². The smallest absolute Gasteiger partial charge is 0.336 e. The van der Waals surface area contributed by atoms with Crippen molar-refractivity contribution < 1.29 is 28.8 Å². The molecule has 2 N–H and O–H groups in total. The Balaban J connectivity index is 2.58. The van der Waals surface area contributed by atoms with Crippen LogP contribution < -0.4 is 10.6 Å². The van der Waals surface area contributed by atoms with Crippen LogP contribution in [0.3, 0.4) is 0 Å². The lowest BCUT2D eigenvalue weighted by Gasteiger charge is -2.31. The maximum absolute atomic E-state index is 13.5. The molecule has 1 aliphatic heterocycles. The molecule has 0 radical (unpaired) electrons. The Morgan fingerprint density at radius 1 is 1.18 bits per heavy atom. The van der Waals surface area contributed by atoms with Crippen molar-refractivity contribution in [3.05, 3.63) is 62.5 Å². The second kappa shape index (κ2) is 12.0. The number of dihydropyridines is 1. The van der Waals surface area contributed by atoms with Crippen LogP contribution in [0.2, 0.25) is 0 Å². The molecule has 0 spiro atoms. The first kappa shape index (κ1) is 26.6. The molecule has 1 aliphatic rings. The van der Waals surface area contributed by atoms with Gasteiger partial charge in [-0.3, -0.25) is 14.9 Å². The summed E-state index contributed by atoms with van der Waals surface area (Å²) in [5.74, 6) is -2.74. The summed E-state index contributed by atoms with van der Waals surface area (Å²) in [7, 11) is 1.22. The van der Waals surface area contributed by atoms with Gasteiger partial charge in [0.25, 0.3) is 11.6 Å². The normalized spacial score (nSPS) is 16.4. The number of methoxy groups -OCH3 is 1. The Kier molecular flexibility index (Phi) is 9.35. The minimum absolute atomic E-state index is 0.153. The molecule has 1 aromatic carbocycles. The fraction of sp³-hybridized carbons (Fsp3) is 0.458. The minimum atomic E-state index is -0.942. The molecule has 0 saturated carbocycles. The van der Waals surface area contributed by atoms with Crippen LogP contribution in [0.1, 0.15) is 58.4 Å². The molecule has 1 amide bonds. The molecule has 10 heteroatoms. The lowest BCUT2D eigenvalue weighted by molar-refractivity contribution is -0.384. The van der Waals surface area contributed by atoms with Crippen LogP contribution in [-0.4, -0.2) is 42.5 Å². The molecule has 2 unspecified atom stereocenters. The number of nitro benzene ring substituents is 1. The number of allylic oxidation sites excluding steroid dienone is 2. The van der Waals surface area contributed by atoms with Gasteiger partial charge in [0.05, 0.1) is 30.1 Å². The Bertz CT molecular complexity index is 1030. The summed E-state index contributed by atoms with van der Waals surface area (Å²) in [6.07, 6.45) is 1.90. The minimum Gasteiger partial charge on any atom is -0.466 e. The fourth-order valence-corrected chi connectivity index (χ4v) is 3.96. The van der Waals surface area contributed by atoms with Gasteiger partial charge in [-0.2, -0.15) is 0 Å². The van der Waals surface area contributed by atoms with E-state index in [1.54, 1.807) is 26.8 Å². The van der Waals surface area contributed by atoms with E-state index in [0.717, 1.165) is 6.42 Å². The van der Waals surface area contributed by atoms with Crippen LogP contribution >= 0.6 is 0 Å². The average molecular weight is 474 g/mol. The van der Waals surface area contributed by atoms with Crippen molar-refractivity contribution in [2.24, 2.45) is 0 Å². The van der Waals surface area contributed by atoms with E-state index in [2.05, 4.69) is 10.6 Å². The topological polar surface area (TPSA) is 137 Å². The third-order valence-corrected chi connectivity index (χ3v) is 5.55. The van der Waals surface area contributed by atoms with Crippen LogP contribution in [0, 0.1) is 10.1 Å². The van der Waals surface area contributed by atoms with Gasteiger partial charge in [-0.05, 0) is 32.8 Å². The maximum Gasteiger partial charge on any atom is 0.336 e. The first-order chi connectivity index (χ1) is 16.2. The summed E-state index contributed by atoms with van der Waals surface area (Å²) >= 11 is 0. The number of carbonyl (C=O) groups excluding carboxylic acids is 3. The summed E-state index contributed by atoms with van der Waals surface area (Å²) in [5, 5.41) is 17.2. The molecule has 184 valence electrons. The summed E-state index contributed by atoms with van der Waals surface area (Å²) in [5.41, 5.74) is 1.43. The van der Waals surface area contributed by atoms with E-state index in [9.17, 15) is 24.5 Å². The lowest BCUT2D eigenvalue weighted by atomic mass is 9.79. The van der Waals surface area contributed by atoms with Gasteiger partial charge in [0.15, 0.2) is 0 Å². The van der Waals surface area contributed by atoms with E-state index in [-0.39, 0.29) is 23.4 Å². The predicted octanol–water partition coefficient (Wildman–Crippen LogP) is 3.24. The van der Waals surface area contributed by atoms with E-state index in [1.165, 1.54) is 25.3 Å². The summed E-state index contributed by atoms with van der Waals surface area (Å²) in [4.78, 5) is 49.6. The average Bonchev–Trinajstić information content (AvgIpc) is 2.80. The molecule has 1 heterocycles. The zero-order valence-electron chi connectivity index (χ0n) is 20.1. The molecule has 0 fully saturated rings. The number of esters is 2. The zero-order chi connectivity index (χ0) is 25.4. The van der Waals surface area contributed by atoms with Gasteiger partial charge in [0, 0.05) is 29.1 Å². The van der Waals surface area contributed by atoms with Crippen molar-refractivity contribution >= 4 is 23.5 Å². The first-order valence-corrected chi connectivity index (χ1v) is 11.1. The van der Waals surface area contributed by atoms with Crippen LogP contribution in [0.25, 0.3) is 0 Å². The molecule has 1 aromatic rings. The summed E-state index contributed by atoms with van der Waals surface area (Å²) < 4.78 is 10.1. The third-order valence-electron chi connectivity index (χ3n) is 5.55. The number of nitrogens with zero attached hydrogens (tertiary/aromatic N) is 1. The molecule has 0 aromatic heterocycles. The van der Waals surface area contributed by atoms with E-state index in [4.69, 9.17) is 9.47 Å². The highest BCUT2D eigenvalue weighted by molar-refractivity contribution is 6.03. The number of benzene rings is 1. The summed E-state index contributed by atoms with van der Waals surface area (Å²) in [6, 6.07) is 4.89. The number of unbranched alkanes of at least 4 members (excludes halogenated alkanes) is 1. The number of ether oxygens (including phenoxy) is 2. The van der Waals surface area contributed by atoms with Gasteiger partial charge in [-0.15, -0.1) is 0 Å². The van der Waals surface area contributed by atoms with Gasteiger partial charge < -0.3 is 20.1 Å². The lowest BCUT2D eigenvalue weighted by Crippen LogP contribution is -2.45. The molecular formula is C24H31N3O7. The van der Waals surface area contributed by atoms with Crippen molar-refractivity contribution in [3.63, 3.8) is 0 Å². The molecule has 10 nitrogen and oxygen atoms in total. The van der Waals surface area contributed by atoms with Gasteiger partial charge in [-0.25, -0.2) is 9.59 Å². The van der Waals surface area contributed by atoms with Gasteiger partial charge in [-0.1, -0.05) is 31.9 Å². The molecule has 2 atom stereocenters. The van der Waals surface area contributed by atoms with Crippen molar-refractivity contribution in [1.29, 1.82) is 0 Å². The second-order valence-electron chi connectivity index (χ2n) is 7.90. The van der Waals surface area contributed by atoms with Crippen LogP contribution in [0.4, 0.5) is 5.69 Å². The standard InChI is InChI=1S/C24H31N3O7/c1-6-8-12-18(23(29)34-7-2)26-22(28)19-14(3)25-15(4)20(24(30)33-5)21(19)16-10-9-11-17(13-16)27(31)32/h9-11,13,18,21,25H,6-8,12H2,1-5H3,(H,26,28). The number of non-ortho nitro benzene ring substituents is 1. The van der Waals surface area contributed by atoms with Crippen molar-refractivity contribution in [1.82, 2.24) is 10.6 Å². The maximum atomic E-state index is 13.5. The summed E-state index contributed by atoms with van der Waals surface area (Å²) in [6.45, 7) is 7.16. The van der Waals surface area contributed by atoms with E-state index < -0.39 is 34.7 Å². The number of nitrogens with one attached hydrogen (secondary N) is 2. The monoisotopic (exact) mass is 473 g/mol. The van der Waals surface area contributed by atoms with E-state index >= 15 is 0 Å². The Labute approximate surface area is 198 Å². The number of carbonyl (C=O) groups is 3. The number of amides is 1. The first-order valence-electron chi connectivity index (χ1n) is 11.1. The Morgan fingerprint density at radius 2 is 1.85 bits per heavy atom. The highest BCUT2D eigenvalue weighted by atomic mass is 16.6. The highest BCUT2D eigenvalue weighted by Crippen LogP contribution is 2.39. The number of nitro groups is 1. The quantitative estimate of drug-likeness (QED) is 0.300. The van der Waals surface area contributed by atoms with Crippen LogP contribution in [0.5, 0.6) is 0 Å². The Hall–Kier alpha value is -3.69. The SMILES string of the molecule is CCCCC(NC(=O)C1=C(C)NC(C)=C(C(=O)OC)C1c1cccc([N+](=O)[O-])c1)C(=O)OCC. The molecular weight excluding hydrogens is 442 g/mol. The number of rotatable bonds is 10. The van der Waals surface area contributed by atoms with Crippen molar-refractivity contribution in [2.45, 2.75) is 58.9 Å². The van der Waals surface area contributed by atoms with Crippen molar-refractivity contribution in [2.75, 3.05) is 13.7 Å². The number of hydrogen-bond donors (Lipinski definition) is 2. The van der Waals surface area contributed by atoms with Crippen molar-refractivity contribution in [3.8, 4) is 0 Å². The van der Waals surface area contributed by atoms with E-state index in [1.807, 2.05) is 6.92 Å². The molecule has 34 heavy (non-hydrogen) atoms. The fourth-order valence-electron chi connectivity index (χ4n) is 3.96. The van der Waals surface area contributed by atoms with E-state index in [0.29, 0.717) is 29.8 Å². The predicted molar refractivity (Wildman–Crippen MR) is 124 cm³/mol. The molecule has 0 saturated heterocycles. The second-order valence-corrected chi connectivity index (χ2v) is 7.90. The molecule has 2 rings (SSSR count). The van der Waals surface area contributed by atoms with Gasteiger partial charge in [0.2, 0.25) is 0 Å². The van der Waals surface area contributed by atoms with Crippen LogP contribution in [0.15, 0.2) is 46.8 Å². The highest BCUT2D eigenvalue weighted by Gasteiger charge is 2.38. The Morgan fingerprint density at radius 3 is 2.44 bits per heavy atom. The zero-order valence-corrected chi connectivity index (χ0v) is 20.1.